The van der Waals surface area contributed by atoms with Crippen molar-refractivity contribution >= 4 is 33.6 Å². The fraction of sp³-hybridized carbons (Fsp3) is 0.575. The van der Waals surface area contributed by atoms with Crippen LogP contribution in [0, 0.1) is 11.8 Å². The molecule has 2 rings (SSSR count). The van der Waals surface area contributed by atoms with Gasteiger partial charge in [0.15, 0.2) is 23.0 Å². The Balaban J connectivity index is 2.08. The molecule has 0 bridgehead atoms. The first-order valence-corrected chi connectivity index (χ1v) is 23.0. The van der Waals surface area contributed by atoms with Crippen molar-refractivity contribution in [1.29, 1.82) is 0 Å². The third kappa shape index (κ3) is 24.3. The molecule has 2 aromatic rings. The fourth-order valence-corrected chi connectivity index (χ4v) is 5.90. The Hall–Kier alpha value is -3.99. The number of phosphoric ester groups is 2. The molecular weight excluding hydrogens is 824 g/mol. The van der Waals surface area contributed by atoms with E-state index in [1.807, 2.05) is 0 Å². The lowest BCUT2D eigenvalue weighted by Gasteiger charge is -2.23. The van der Waals surface area contributed by atoms with Gasteiger partial charge in [0.05, 0.1) is 13.7 Å². The molecule has 6 N–H and O–H groups in total. The minimum atomic E-state index is -5.04. The highest BCUT2D eigenvalue weighted by Crippen LogP contribution is 2.37. The van der Waals surface area contributed by atoms with Crippen molar-refractivity contribution in [2.75, 3.05) is 33.8 Å². The van der Waals surface area contributed by atoms with Crippen LogP contribution in [0.3, 0.4) is 0 Å². The van der Waals surface area contributed by atoms with Crippen LogP contribution in [0.15, 0.2) is 48.6 Å². The molecule has 2 aromatic carbocycles. The molecule has 0 fully saturated rings. The molecule has 60 heavy (non-hydrogen) atoms. The maximum absolute atomic E-state index is 13.3. The number of amides is 3. The number of nitrogens with zero attached hydrogens (tertiary/aromatic N) is 1. The molecule has 20 heteroatoms. The van der Waals surface area contributed by atoms with Crippen LogP contribution < -0.4 is 29.6 Å². The summed E-state index contributed by atoms with van der Waals surface area (Å²) >= 11 is 0. The zero-order valence-electron chi connectivity index (χ0n) is 35.2. The zero-order chi connectivity index (χ0) is 44.6. The molecule has 0 saturated carbocycles. The largest absolute Gasteiger partial charge is 0.493 e. The van der Waals surface area contributed by atoms with Crippen LogP contribution in [0.25, 0.3) is 0 Å². The summed E-state index contributed by atoms with van der Waals surface area (Å²) in [5, 5.41) is 5.70. The summed E-state index contributed by atoms with van der Waals surface area (Å²) in [6.45, 7) is 6.46. The molecule has 338 valence electrons. The molecule has 0 unspecified atom stereocenters. The lowest BCUT2D eigenvalue weighted by molar-refractivity contribution is -0.122. The second-order valence-corrected chi connectivity index (χ2v) is 17.2. The summed E-state index contributed by atoms with van der Waals surface area (Å²) in [6, 6.07) is 9.18. The number of methoxy groups -OCH3 is 1. The topological polar surface area (TPSA) is 249 Å². The van der Waals surface area contributed by atoms with Crippen LogP contribution in [0.2, 0.25) is 0 Å². The van der Waals surface area contributed by atoms with Crippen molar-refractivity contribution in [3.8, 4) is 23.0 Å². The molecule has 0 heterocycles. The van der Waals surface area contributed by atoms with E-state index in [1.165, 1.54) is 25.3 Å². The molecule has 0 radical (unpaired) electrons. The maximum atomic E-state index is 13.3. The van der Waals surface area contributed by atoms with Gasteiger partial charge in [0.25, 0.3) is 0 Å². The molecule has 3 amide bonds. The van der Waals surface area contributed by atoms with Crippen molar-refractivity contribution in [1.82, 2.24) is 15.5 Å². The summed E-state index contributed by atoms with van der Waals surface area (Å²) in [6.07, 6.45) is 11.5. The van der Waals surface area contributed by atoms with Crippen LogP contribution in [0.5, 0.6) is 23.0 Å². The second-order valence-electron chi connectivity index (χ2n) is 14.7. The van der Waals surface area contributed by atoms with Crippen molar-refractivity contribution in [3.63, 3.8) is 0 Å². The highest BCUT2D eigenvalue weighted by molar-refractivity contribution is 7.46. The summed E-state index contributed by atoms with van der Waals surface area (Å²) in [5.74, 6) is 1.02. The Morgan fingerprint density at radius 3 is 1.90 bits per heavy atom. The molecule has 0 aliphatic rings. The van der Waals surface area contributed by atoms with E-state index in [1.54, 1.807) is 18.2 Å². The Morgan fingerprint density at radius 1 is 0.733 bits per heavy atom. The normalized spacial score (nSPS) is 11.8. The molecule has 0 aliphatic heterocycles. The van der Waals surface area contributed by atoms with Crippen molar-refractivity contribution in [2.45, 2.75) is 105 Å². The van der Waals surface area contributed by atoms with Gasteiger partial charge in [-0.25, -0.2) is 18.4 Å². The van der Waals surface area contributed by atoms with E-state index in [4.69, 9.17) is 28.7 Å². The van der Waals surface area contributed by atoms with Gasteiger partial charge in [0.1, 0.15) is 13.3 Å². The number of benzene rings is 2. The van der Waals surface area contributed by atoms with Gasteiger partial charge in [-0.05, 0) is 72.9 Å². The van der Waals surface area contributed by atoms with Gasteiger partial charge in [0, 0.05) is 25.9 Å². The number of hydrogen-bond donors (Lipinski definition) is 6. The van der Waals surface area contributed by atoms with Gasteiger partial charge in [-0.15, -0.1) is 0 Å². The average molecular weight is 888 g/mol. The number of rotatable bonds is 30. The summed E-state index contributed by atoms with van der Waals surface area (Å²) < 4.78 is 53.9. The second kappa shape index (κ2) is 27.8. The standard InChI is InChI=1S/C40H63N3O15P2/c1-30(2)14-10-6-8-12-16-38(44)41-26-32-19-21-35(36(24-32)53-5)58-40(46)43(28-56-59(47,48)49)22-23-54-37-25-33(18-20-34(37)55-29-57-60(50,51)52)27-42-39(45)17-13-9-7-11-15-31(3)4/h10,14,18-21,24-25,30-31H,6-9,11-13,15-17,22-23,26-29H2,1-5H3,(H,41,44)(H,42,45)(H2,47,48,49)(H2,50,51,52)/b14-10+. The number of carbonyl (C=O) groups excluding carboxylic acids is 3. The molecular formula is C40H63N3O15P2. The van der Waals surface area contributed by atoms with E-state index in [9.17, 15) is 33.3 Å². The van der Waals surface area contributed by atoms with E-state index < -0.39 is 35.3 Å². The number of hydrogen-bond acceptors (Lipinski definition) is 11. The Labute approximate surface area is 352 Å². The predicted molar refractivity (Wildman–Crippen MR) is 223 cm³/mol. The van der Waals surface area contributed by atoms with Gasteiger partial charge in [-0.3, -0.25) is 19.0 Å². The minimum Gasteiger partial charge on any atom is -0.493 e. The van der Waals surface area contributed by atoms with Crippen molar-refractivity contribution < 1.29 is 71.1 Å². The number of allylic oxidation sites excluding steroid dienone is 2. The molecule has 0 atom stereocenters. The Kier molecular flexibility index (Phi) is 24.1. The third-order valence-corrected chi connectivity index (χ3v) is 9.48. The number of carbonyl (C=O) groups is 3. The van der Waals surface area contributed by atoms with Crippen LogP contribution in [0.1, 0.15) is 103 Å². The molecule has 0 spiro atoms. The lowest BCUT2D eigenvalue weighted by atomic mass is 10.0. The summed E-state index contributed by atoms with van der Waals surface area (Å²) in [4.78, 5) is 75.9. The number of unbranched alkanes of at least 4 members (excludes halogenated alkanes) is 5. The van der Waals surface area contributed by atoms with E-state index in [2.05, 4.69) is 59.5 Å². The van der Waals surface area contributed by atoms with Gasteiger partial charge in [-0.2, -0.15) is 0 Å². The molecule has 0 aromatic heterocycles. The van der Waals surface area contributed by atoms with Crippen LogP contribution in [-0.4, -0.2) is 76.2 Å². The Bertz CT molecular complexity index is 1750. The third-order valence-electron chi connectivity index (χ3n) is 8.59. The average Bonchev–Trinajstić information content (AvgIpc) is 3.17. The SMILES string of the molecule is COc1cc(CNC(=O)CCCC/C=C/C(C)C)ccc1OC(=O)N(CCOc1cc(CNC(=O)CCCCCCC(C)C)ccc1OCOP(=O)(O)O)COP(=O)(O)O. The number of nitrogens with one attached hydrogen (secondary N) is 2. The molecule has 0 saturated heterocycles. The highest BCUT2D eigenvalue weighted by Gasteiger charge is 2.24. The maximum Gasteiger partial charge on any atom is 0.472 e. The number of ether oxygens (including phenoxy) is 4. The van der Waals surface area contributed by atoms with Gasteiger partial charge < -0.3 is 49.2 Å². The zero-order valence-corrected chi connectivity index (χ0v) is 37.0. The first kappa shape index (κ1) is 52.1. The first-order valence-electron chi connectivity index (χ1n) is 20.0. The minimum absolute atomic E-state index is 0.00365. The highest BCUT2D eigenvalue weighted by atomic mass is 31.2. The van der Waals surface area contributed by atoms with Crippen molar-refractivity contribution in [3.05, 3.63) is 59.7 Å². The quantitative estimate of drug-likeness (QED) is 0.0198. The molecule has 18 nitrogen and oxygen atoms in total. The van der Waals surface area contributed by atoms with Crippen LogP contribution in [-0.2, 0) is 40.9 Å². The molecule has 0 aliphatic carbocycles. The van der Waals surface area contributed by atoms with E-state index in [-0.39, 0.29) is 61.1 Å². The predicted octanol–water partition coefficient (Wildman–Crippen LogP) is 7.09. The first-order chi connectivity index (χ1) is 28.3. The number of phosphoric acid groups is 2. The summed E-state index contributed by atoms with van der Waals surface area (Å²) in [5.41, 5.74) is 1.24. The summed E-state index contributed by atoms with van der Waals surface area (Å²) in [7, 11) is -8.56. The Morgan fingerprint density at radius 2 is 1.32 bits per heavy atom. The van der Waals surface area contributed by atoms with E-state index in [0.717, 1.165) is 56.3 Å². The fourth-order valence-electron chi connectivity index (χ4n) is 5.42. The van der Waals surface area contributed by atoms with Gasteiger partial charge >= 0.3 is 21.7 Å². The van der Waals surface area contributed by atoms with Gasteiger partial charge in [0.2, 0.25) is 18.6 Å². The van der Waals surface area contributed by atoms with E-state index >= 15 is 0 Å². The van der Waals surface area contributed by atoms with E-state index in [0.29, 0.717) is 35.8 Å². The van der Waals surface area contributed by atoms with Crippen LogP contribution in [0.4, 0.5) is 4.79 Å². The van der Waals surface area contributed by atoms with Crippen LogP contribution >= 0.6 is 15.6 Å². The van der Waals surface area contributed by atoms with Gasteiger partial charge in [-0.1, -0.05) is 77.7 Å². The van der Waals surface area contributed by atoms with Crippen molar-refractivity contribution in [2.24, 2.45) is 11.8 Å². The smallest absolute Gasteiger partial charge is 0.472 e. The monoisotopic (exact) mass is 887 g/mol. The lowest BCUT2D eigenvalue weighted by Crippen LogP contribution is -2.38.